The predicted octanol–water partition coefficient (Wildman–Crippen LogP) is 3.35. The monoisotopic (exact) mass is 338 g/mol. The number of nitrogens with one attached hydrogen (secondary N) is 1. The third-order valence-electron chi connectivity index (χ3n) is 2.46. The molecule has 0 heterocycles. The molecule has 0 aromatic heterocycles. The number of carboxylic acids is 1. The molecule has 0 aliphatic carbocycles. The van der Waals surface area contributed by atoms with Crippen LogP contribution in [0, 0.1) is 0 Å². The first kappa shape index (κ1) is 16.0. The standard InChI is InChI=1S/C14H15BrN2O3/c1-3-8-17(9-4-2)14(20)16-12-10(13(18)19)6-5-7-11(12)15/h3-7H,1-2,8-9H2,(H,16,20)(H,18,19). The van der Waals surface area contributed by atoms with Crippen LogP contribution in [0.15, 0.2) is 48.0 Å². The summed E-state index contributed by atoms with van der Waals surface area (Å²) in [6.45, 7) is 7.83. The average molecular weight is 339 g/mol. The smallest absolute Gasteiger partial charge is 0.337 e. The lowest BCUT2D eigenvalue weighted by molar-refractivity contribution is 0.0698. The summed E-state index contributed by atoms with van der Waals surface area (Å²) in [6, 6.07) is 4.26. The van der Waals surface area contributed by atoms with Gasteiger partial charge in [-0.2, -0.15) is 0 Å². The molecular weight excluding hydrogens is 324 g/mol. The highest BCUT2D eigenvalue weighted by atomic mass is 79.9. The van der Waals surface area contributed by atoms with Crippen LogP contribution >= 0.6 is 15.9 Å². The summed E-state index contributed by atoms with van der Waals surface area (Å²) < 4.78 is 0.503. The average Bonchev–Trinajstić information content (AvgIpc) is 2.40. The van der Waals surface area contributed by atoms with Gasteiger partial charge in [0.15, 0.2) is 0 Å². The van der Waals surface area contributed by atoms with Crippen molar-refractivity contribution in [3.63, 3.8) is 0 Å². The van der Waals surface area contributed by atoms with E-state index in [0.29, 0.717) is 17.6 Å². The molecule has 106 valence electrons. The molecule has 1 aromatic rings. The quantitative estimate of drug-likeness (QED) is 0.781. The number of para-hydroxylation sites is 1. The maximum absolute atomic E-state index is 12.1. The molecule has 0 saturated carbocycles. The number of benzene rings is 1. The van der Waals surface area contributed by atoms with E-state index >= 15 is 0 Å². The predicted molar refractivity (Wildman–Crippen MR) is 82.1 cm³/mol. The first-order chi connectivity index (χ1) is 9.51. The topological polar surface area (TPSA) is 69.6 Å². The van der Waals surface area contributed by atoms with Gasteiger partial charge in [0.2, 0.25) is 0 Å². The number of anilines is 1. The largest absolute Gasteiger partial charge is 0.478 e. The molecule has 0 bridgehead atoms. The van der Waals surface area contributed by atoms with Gasteiger partial charge in [-0.25, -0.2) is 9.59 Å². The second-order valence-corrected chi connectivity index (χ2v) is 4.73. The van der Waals surface area contributed by atoms with Gasteiger partial charge in [0.05, 0.1) is 11.3 Å². The third-order valence-corrected chi connectivity index (χ3v) is 3.12. The molecule has 1 rings (SSSR count). The number of rotatable bonds is 6. The normalized spacial score (nSPS) is 9.65. The molecule has 1 aromatic carbocycles. The lowest BCUT2D eigenvalue weighted by atomic mass is 10.2. The highest BCUT2D eigenvalue weighted by Crippen LogP contribution is 2.26. The molecule has 0 unspecified atom stereocenters. The molecule has 0 radical (unpaired) electrons. The van der Waals surface area contributed by atoms with Gasteiger partial charge in [-0.3, -0.25) is 0 Å². The maximum atomic E-state index is 12.1. The fourth-order valence-corrected chi connectivity index (χ4v) is 2.03. The van der Waals surface area contributed by atoms with Crippen LogP contribution in [-0.4, -0.2) is 35.1 Å². The van der Waals surface area contributed by atoms with Crippen molar-refractivity contribution in [2.24, 2.45) is 0 Å². The molecule has 0 spiro atoms. The van der Waals surface area contributed by atoms with Crippen LogP contribution in [0.5, 0.6) is 0 Å². The van der Waals surface area contributed by atoms with E-state index in [1.165, 1.54) is 11.0 Å². The van der Waals surface area contributed by atoms with Gasteiger partial charge in [0, 0.05) is 17.6 Å². The molecule has 0 atom stereocenters. The number of hydrogen-bond donors (Lipinski definition) is 2. The van der Waals surface area contributed by atoms with E-state index in [9.17, 15) is 9.59 Å². The number of carboxylic acid groups (broad SMARTS) is 1. The number of halogens is 1. The van der Waals surface area contributed by atoms with Crippen LogP contribution in [-0.2, 0) is 0 Å². The van der Waals surface area contributed by atoms with Crippen LogP contribution in [0.4, 0.5) is 10.5 Å². The van der Waals surface area contributed by atoms with Crippen LogP contribution in [0.2, 0.25) is 0 Å². The summed E-state index contributed by atoms with van der Waals surface area (Å²) in [4.78, 5) is 24.7. The molecule has 5 nitrogen and oxygen atoms in total. The zero-order valence-corrected chi connectivity index (χ0v) is 12.4. The molecule has 6 heteroatoms. The minimum Gasteiger partial charge on any atom is -0.478 e. The zero-order valence-electron chi connectivity index (χ0n) is 10.8. The van der Waals surface area contributed by atoms with Crippen molar-refractivity contribution in [2.45, 2.75) is 0 Å². The summed E-state index contributed by atoms with van der Waals surface area (Å²) >= 11 is 3.23. The molecule has 0 aliphatic heterocycles. The lowest BCUT2D eigenvalue weighted by Gasteiger charge is -2.21. The molecule has 20 heavy (non-hydrogen) atoms. The second-order valence-electron chi connectivity index (χ2n) is 3.88. The zero-order chi connectivity index (χ0) is 15.1. The van der Waals surface area contributed by atoms with Crippen molar-refractivity contribution in [1.29, 1.82) is 0 Å². The molecule has 2 N–H and O–H groups in total. The van der Waals surface area contributed by atoms with Crippen molar-refractivity contribution >= 4 is 33.6 Å². The minimum absolute atomic E-state index is 0.0184. The number of hydrogen-bond acceptors (Lipinski definition) is 2. The van der Waals surface area contributed by atoms with E-state index in [-0.39, 0.29) is 11.3 Å². The van der Waals surface area contributed by atoms with E-state index in [4.69, 9.17) is 5.11 Å². The summed E-state index contributed by atoms with van der Waals surface area (Å²) in [6.07, 6.45) is 3.17. The number of carbonyl (C=O) groups is 2. The van der Waals surface area contributed by atoms with E-state index in [2.05, 4.69) is 34.4 Å². The van der Waals surface area contributed by atoms with Crippen molar-refractivity contribution in [1.82, 2.24) is 4.90 Å². The Morgan fingerprint density at radius 3 is 2.40 bits per heavy atom. The first-order valence-corrected chi connectivity index (χ1v) is 6.60. The van der Waals surface area contributed by atoms with Crippen LogP contribution < -0.4 is 5.32 Å². The molecule has 0 fully saturated rings. The third kappa shape index (κ3) is 3.96. The van der Waals surface area contributed by atoms with E-state index < -0.39 is 12.0 Å². The first-order valence-electron chi connectivity index (χ1n) is 5.80. The van der Waals surface area contributed by atoms with Crippen LogP contribution in [0.1, 0.15) is 10.4 Å². The minimum atomic E-state index is -1.11. The fourth-order valence-electron chi connectivity index (χ4n) is 1.57. The Morgan fingerprint density at radius 1 is 1.30 bits per heavy atom. The van der Waals surface area contributed by atoms with E-state index in [0.717, 1.165) is 0 Å². The van der Waals surface area contributed by atoms with E-state index in [1.807, 2.05) is 0 Å². The summed E-state index contributed by atoms with van der Waals surface area (Å²) in [5.41, 5.74) is 0.244. The number of urea groups is 1. The SMILES string of the molecule is C=CCN(CC=C)C(=O)Nc1c(Br)cccc1C(=O)O. The van der Waals surface area contributed by atoms with Crippen LogP contribution in [0.25, 0.3) is 0 Å². The van der Waals surface area contributed by atoms with Gasteiger partial charge in [0.25, 0.3) is 0 Å². The highest BCUT2D eigenvalue weighted by Gasteiger charge is 2.17. The van der Waals surface area contributed by atoms with Crippen LogP contribution in [0.3, 0.4) is 0 Å². The van der Waals surface area contributed by atoms with Gasteiger partial charge in [0.1, 0.15) is 0 Å². The molecule has 0 saturated heterocycles. The van der Waals surface area contributed by atoms with Gasteiger partial charge < -0.3 is 15.3 Å². The summed E-state index contributed by atoms with van der Waals surface area (Å²) in [5, 5.41) is 11.7. The molecule has 0 aliphatic rings. The summed E-state index contributed by atoms with van der Waals surface area (Å²) in [5.74, 6) is -1.11. The van der Waals surface area contributed by atoms with Crippen molar-refractivity contribution in [3.05, 3.63) is 53.5 Å². The van der Waals surface area contributed by atoms with Gasteiger partial charge in [-0.05, 0) is 28.1 Å². The van der Waals surface area contributed by atoms with Gasteiger partial charge in [-0.15, -0.1) is 13.2 Å². The maximum Gasteiger partial charge on any atom is 0.337 e. The Kier molecular flexibility index (Phi) is 5.99. The summed E-state index contributed by atoms with van der Waals surface area (Å²) in [7, 11) is 0. The van der Waals surface area contributed by atoms with Crippen molar-refractivity contribution in [2.75, 3.05) is 18.4 Å². The Hall–Kier alpha value is -2.08. The Labute approximate surface area is 125 Å². The molecular formula is C14H15BrN2O3. The Bertz CT molecular complexity index is 533. The number of carbonyl (C=O) groups excluding carboxylic acids is 1. The highest BCUT2D eigenvalue weighted by molar-refractivity contribution is 9.10. The van der Waals surface area contributed by atoms with Gasteiger partial charge in [-0.1, -0.05) is 18.2 Å². The number of aromatic carboxylic acids is 1. The van der Waals surface area contributed by atoms with Gasteiger partial charge >= 0.3 is 12.0 Å². The Morgan fingerprint density at radius 2 is 1.90 bits per heavy atom. The number of amides is 2. The lowest BCUT2D eigenvalue weighted by Crippen LogP contribution is -2.35. The second kappa shape index (κ2) is 7.49. The molecule has 2 amide bonds. The number of nitrogens with zero attached hydrogens (tertiary/aromatic N) is 1. The fraction of sp³-hybridized carbons (Fsp3) is 0.143. The van der Waals surface area contributed by atoms with Crippen molar-refractivity contribution < 1.29 is 14.7 Å². The van der Waals surface area contributed by atoms with E-state index in [1.54, 1.807) is 24.3 Å². The Balaban J connectivity index is 3.02. The van der Waals surface area contributed by atoms with Crippen molar-refractivity contribution in [3.8, 4) is 0 Å².